The summed E-state index contributed by atoms with van der Waals surface area (Å²) in [6, 6.07) is 13.7. The van der Waals surface area contributed by atoms with E-state index >= 15 is 0 Å². The number of carbonyl (C=O) groups is 1. The van der Waals surface area contributed by atoms with Crippen molar-refractivity contribution in [3.8, 4) is 11.6 Å². The van der Waals surface area contributed by atoms with Crippen molar-refractivity contribution < 1.29 is 19.4 Å². The minimum absolute atomic E-state index is 0.0571. The monoisotopic (exact) mass is 364 g/mol. The average Bonchev–Trinajstić information content (AvgIpc) is 3.19. The number of ether oxygens (including phenoxy) is 2. The number of amides is 1. The fourth-order valence-corrected chi connectivity index (χ4v) is 3.10. The molecule has 2 N–H and O–H groups in total. The van der Waals surface area contributed by atoms with Crippen LogP contribution in [0, 0.1) is 5.92 Å². The lowest BCUT2D eigenvalue weighted by Crippen LogP contribution is -2.12. The predicted molar refractivity (Wildman–Crippen MR) is 102 cm³/mol. The zero-order valence-corrected chi connectivity index (χ0v) is 14.7. The first-order chi connectivity index (χ1) is 13.2. The SMILES string of the molecule is O=C(Nc1ccc2c(OCC3CCOC3)nccc2c1)c1cccc(O)c1. The third kappa shape index (κ3) is 4.01. The van der Waals surface area contributed by atoms with E-state index in [9.17, 15) is 9.90 Å². The van der Waals surface area contributed by atoms with Crippen molar-refractivity contribution in [1.29, 1.82) is 0 Å². The molecule has 1 aliphatic rings. The molecular formula is C21H20N2O4. The molecule has 1 atom stereocenters. The molecule has 6 heteroatoms. The van der Waals surface area contributed by atoms with Crippen molar-refractivity contribution in [3.05, 3.63) is 60.3 Å². The molecule has 1 unspecified atom stereocenters. The van der Waals surface area contributed by atoms with Crippen molar-refractivity contribution in [2.75, 3.05) is 25.1 Å². The van der Waals surface area contributed by atoms with E-state index in [-0.39, 0.29) is 11.7 Å². The minimum Gasteiger partial charge on any atom is -0.508 e. The van der Waals surface area contributed by atoms with Gasteiger partial charge in [-0.3, -0.25) is 4.79 Å². The van der Waals surface area contributed by atoms with Crippen molar-refractivity contribution in [2.45, 2.75) is 6.42 Å². The number of pyridine rings is 1. The van der Waals surface area contributed by atoms with Gasteiger partial charge < -0.3 is 19.9 Å². The second-order valence-corrected chi connectivity index (χ2v) is 6.60. The molecule has 0 bridgehead atoms. The van der Waals surface area contributed by atoms with E-state index in [1.165, 1.54) is 12.1 Å². The normalized spacial score (nSPS) is 16.4. The van der Waals surface area contributed by atoms with Gasteiger partial charge >= 0.3 is 0 Å². The van der Waals surface area contributed by atoms with Crippen LogP contribution in [0.4, 0.5) is 5.69 Å². The maximum atomic E-state index is 12.3. The van der Waals surface area contributed by atoms with E-state index in [1.54, 1.807) is 18.3 Å². The summed E-state index contributed by atoms with van der Waals surface area (Å²) in [5.74, 6) is 0.770. The number of hydrogen-bond donors (Lipinski definition) is 2. The van der Waals surface area contributed by atoms with Gasteiger partial charge in [-0.2, -0.15) is 0 Å². The summed E-state index contributed by atoms with van der Waals surface area (Å²) in [5, 5.41) is 14.2. The number of hydrogen-bond acceptors (Lipinski definition) is 5. The average molecular weight is 364 g/mol. The number of aromatic nitrogens is 1. The molecule has 1 amide bonds. The van der Waals surface area contributed by atoms with Gasteiger partial charge in [0, 0.05) is 35.4 Å². The molecule has 3 aromatic rings. The lowest BCUT2D eigenvalue weighted by Gasteiger charge is -2.12. The van der Waals surface area contributed by atoms with Crippen LogP contribution in [-0.2, 0) is 4.74 Å². The Bertz CT molecular complexity index is 967. The highest BCUT2D eigenvalue weighted by Crippen LogP contribution is 2.27. The van der Waals surface area contributed by atoms with Gasteiger partial charge in [0.1, 0.15) is 5.75 Å². The molecule has 6 nitrogen and oxygen atoms in total. The quantitative estimate of drug-likeness (QED) is 0.723. The molecule has 0 spiro atoms. The first-order valence-electron chi connectivity index (χ1n) is 8.89. The van der Waals surface area contributed by atoms with Gasteiger partial charge in [-0.25, -0.2) is 4.98 Å². The largest absolute Gasteiger partial charge is 0.508 e. The fraction of sp³-hybridized carbons (Fsp3) is 0.238. The van der Waals surface area contributed by atoms with Crippen LogP contribution in [0.1, 0.15) is 16.8 Å². The number of nitrogens with zero attached hydrogens (tertiary/aromatic N) is 1. The Labute approximate surface area is 156 Å². The first kappa shape index (κ1) is 17.3. The zero-order chi connectivity index (χ0) is 18.6. The summed E-state index contributed by atoms with van der Waals surface area (Å²) >= 11 is 0. The number of fused-ring (bicyclic) bond motifs is 1. The van der Waals surface area contributed by atoms with Crippen LogP contribution in [0.3, 0.4) is 0 Å². The molecule has 0 saturated carbocycles. The van der Waals surface area contributed by atoms with E-state index in [2.05, 4.69) is 10.3 Å². The van der Waals surface area contributed by atoms with Crippen LogP contribution >= 0.6 is 0 Å². The summed E-state index contributed by atoms with van der Waals surface area (Å²) in [5.41, 5.74) is 1.06. The molecule has 0 aliphatic carbocycles. The van der Waals surface area contributed by atoms with Crippen LogP contribution in [0.15, 0.2) is 54.7 Å². The molecule has 1 fully saturated rings. The maximum absolute atomic E-state index is 12.3. The second-order valence-electron chi connectivity index (χ2n) is 6.60. The summed E-state index contributed by atoms with van der Waals surface area (Å²) < 4.78 is 11.3. The van der Waals surface area contributed by atoms with Gasteiger partial charge in [0.05, 0.1) is 13.2 Å². The van der Waals surface area contributed by atoms with Crippen LogP contribution in [-0.4, -0.2) is 35.8 Å². The Morgan fingerprint density at radius 3 is 3.00 bits per heavy atom. The number of benzene rings is 2. The van der Waals surface area contributed by atoms with Crippen LogP contribution < -0.4 is 10.1 Å². The minimum atomic E-state index is -0.281. The smallest absolute Gasteiger partial charge is 0.255 e. The van der Waals surface area contributed by atoms with Gasteiger partial charge in [0.25, 0.3) is 5.91 Å². The summed E-state index contributed by atoms with van der Waals surface area (Å²) in [6.07, 6.45) is 2.71. The van der Waals surface area contributed by atoms with Gasteiger partial charge in [-0.05, 0) is 54.3 Å². The molecule has 1 saturated heterocycles. The number of phenols is 1. The van der Waals surface area contributed by atoms with Crippen molar-refractivity contribution in [1.82, 2.24) is 4.98 Å². The topological polar surface area (TPSA) is 80.7 Å². The van der Waals surface area contributed by atoms with Crippen LogP contribution in [0.25, 0.3) is 10.8 Å². The molecule has 2 aromatic carbocycles. The van der Waals surface area contributed by atoms with E-state index in [1.807, 2.05) is 24.3 Å². The van der Waals surface area contributed by atoms with Gasteiger partial charge in [0.15, 0.2) is 0 Å². The molecule has 1 aliphatic heterocycles. The third-order valence-corrected chi connectivity index (χ3v) is 4.57. The molecular weight excluding hydrogens is 344 g/mol. The number of nitrogens with one attached hydrogen (secondary N) is 1. The van der Waals surface area contributed by atoms with E-state index in [0.717, 1.165) is 30.4 Å². The second kappa shape index (κ2) is 7.63. The number of aromatic hydroxyl groups is 1. The summed E-state index contributed by atoms with van der Waals surface area (Å²) in [4.78, 5) is 16.7. The summed E-state index contributed by atoms with van der Waals surface area (Å²) in [7, 11) is 0. The van der Waals surface area contributed by atoms with Gasteiger partial charge in [-0.15, -0.1) is 0 Å². The van der Waals surface area contributed by atoms with E-state index < -0.39 is 0 Å². The van der Waals surface area contributed by atoms with E-state index in [4.69, 9.17) is 9.47 Å². The highest BCUT2D eigenvalue weighted by molar-refractivity contribution is 6.05. The maximum Gasteiger partial charge on any atom is 0.255 e. The van der Waals surface area contributed by atoms with Crippen molar-refractivity contribution in [3.63, 3.8) is 0 Å². The molecule has 4 rings (SSSR count). The number of rotatable bonds is 5. The standard InChI is InChI=1S/C21H20N2O4/c24-18-3-1-2-16(11-18)20(25)23-17-4-5-19-15(10-17)6-8-22-21(19)27-13-14-7-9-26-12-14/h1-6,8,10-11,14,24H,7,9,12-13H2,(H,23,25). The molecule has 0 radical (unpaired) electrons. The Balaban J connectivity index is 1.51. The van der Waals surface area contributed by atoms with Crippen molar-refractivity contribution in [2.24, 2.45) is 5.92 Å². The molecule has 1 aromatic heterocycles. The lowest BCUT2D eigenvalue weighted by atomic mass is 10.1. The van der Waals surface area contributed by atoms with Gasteiger partial charge in [0.2, 0.25) is 5.88 Å². The number of anilines is 1. The fourth-order valence-electron chi connectivity index (χ4n) is 3.10. The molecule has 138 valence electrons. The Morgan fingerprint density at radius 2 is 2.19 bits per heavy atom. The van der Waals surface area contributed by atoms with Crippen molar-refractivity contribution >= 4 is 22.4 Å². The lowest BCUT2D eigenvalue weighted by molar-refractivity contribution is 0.102. The zero-order valence-electron chi connectivity index (χ0n) is 14.7. The van der Waals surface area contributed by atoms with Gasteiger partial charge in [-0.1, -0.05) is 6.07 Å². The number of phenolic OH excluding ortho intramolecular Hbond substituents is 1. The molecule has 2 heterocycles. The Kier molecular flexibility index (Phi) is 4.89. The van der Waals surface area contributed by atoms with Crippen LogP contribution in [0.5, 0.6) is 11.6 Å². The third-order valence-electron chi connectivity index (χ3n) is 4.57. The summed E-state index contributed by atoms with van der Waals surface area (Å²) in [6.45, 7) is 2.11. The highest BCUT2D eigenvalue weighted by Gasteiger charge is 2.17. The predicted octanol–water partition coefficient (Wildman–Crippen LogP) is 3.61. The number of carbonyl (C=O) groups excluding carboxylic acids is 1. The highest BCUT2D eigenvalue weighted by atomic mass is 16.5. The Morgan fingerprint density at radius 1 is 1.26 bits per heavy atom. The van der Waals surface area contributed by atoms with Crippen LogP contribution in [0.2, 0.25) is 0 Å². The first-order valence-corrected chi connectivity index (χ1v) is 8.89. The Hall–Kier alpha value is -3.12. The van der Waals surface area contributed by atoms with E-state index in [0.29, 0.717) is 29.7 Å². The molecule has 27 heavy (non-hydrogen) atoms.